The standard InChI is InChI=1S/C12H16F3NO.C2H6/c1-8-3-10(7-17-6-9(2)16)5-11(4-8)12(13,14)15;1-2/h3-5,9H,6-7,16H2,1-2H3;1-2H3/t9-;/m0./s1. The Kier molecular flexibility index (Phi) is 7.71. The first kappa shape index (κ1) is 17.9. The zero-order valence-electron chi connectivity index (χ0n) is 11.8. The molecule has 110 valence electrons. The number of alkyl halides is 3. The summed E-state index contributed by atoms with van der Waals surface area (Å²) in [6, 6.07) is 3.78. The summed E-state index contributed by atoms with van der Waals surface area (Å²) in [7, 11) is 0. The van der Waals surface area contributed by atoms with Gasteiger partial charge in [-0.15, -0.1) is 0 Å². The highest BCUT2D eigenvalue weighted by Crippen LogP contribution is 2.30. The summed E-state index contributed by atoms with van der Waals surface area (Å²) in [5.74, 6) is 0. The number of aryl methyl sites for hydroxylation is 1. The maximum atomic E-state index is 12.5. The SMILES string of the molecule is CC.Cc1cc(COC[C@H](C)N)cc(C(F)(F)F)c1. The van der Waals surface area contributed by atoms with Crippen molar-refractivity contribution < 1.29 is 17.9 Å². The largest absolute Gasteiger partial charge is 0.416 e. The molecule has 0 spiro atoms. The molecular weight excluding hydrogens is 255 g/mol. The minimum Gasteiger partial charge on any atom is -0.375 e. The van der Waals surface area contributed by atoms with Crippen LogP contribution < -0.4 is 5.73 Å². The van der Waals surface area contributed by atoms with E-state index in [1.165, 1.54) is 0 Å². The van der Waals surface area contributed by atoms with Crippen molar-refractivity contribution in [1.82, 2.24) is 0 Å². The van der Waals surface area contributed by atoms with Crippen molar-refractivity contribution >= 4 is 0 Å². The fourth-order valence-electron chi connectivity index (χ4n) is 1.47. The molecule has 0 unspecified atom stereocenters. The summed E-state index contributed by atoms with van der Waals surface area (Å²) >= 11 is 0. The highest BCUT2D eigenvalue weighted by Gasteiger charge is 2.30. The van der Waals surface area contributed by atoms with Crippen LogP contribution in [0.15, 0.2) is 18.2 Å². The molecule has 0 radical (unpaired) electrons. The van der Waals surface area contributed by atoms with Crippen molar-refractivity contribution in [3.63, 3.8) is 0 Å². The van der Waals surface area contributed by atoms with Crippen molar-refractivity contribution in [2.24, 2.45) is 5.73 Å². The minimum absolute atomic E-state index is 0.123. The van der Waals surface area contributed by atoms with Gasteiger partial charge in [0.25, 0.3) is 0 Å². The third kappa shape index (κ3) is 7.18. The van der Waals surface area contributed by atoms with Gasteiger partial charge < -0.3 is 10.5 Å². The molecule has 0 saturated carbocycles. The number of hydrogen-bond donors (Lipinski definition) is 1. The van der Waals surface area contributed by atoms with Gasteiger partial charge in [0, 0.05) is 6.04 Å². The molecule has 0 aliphatic rings. The smallest absolute Gasteiger partial charge is 0.375 e. The van der Waals surface area contributed by atoms with Crippen LogP contribution in [0.2, 0.25) is 0 Å². The fraction of sp³-hybridized carbons (Fsp3) is 0.571. The average Bonchev–Trinajstić information content (AvgIpc) is 2.29. The summed E-state index contributed by atoms with van der Waals surface area (Å²) < 4.78 is 42.8. The van der Waals surface area contributed by atoms with Gasteiger partial charge in [-0.1, -0.05) is 25.5 Å². The Morgan fingerprint density at radius 2 is 1.79 bits per heavy atom. The van der Waals surface area contributed by atoms with Crippen LogP contribution in [0.5, 0.6) is 0 Å². The van der Waals surface area contributed by atoms with Crippen LogP contribution in [0.3, 0.4) is 0 Å². The topological polar surface area (TPSA) is 35.2 Å². The molecule has 0 amide bonds. The van der Waals surface area contributed by atoms with E-state index in [0.717, 1.165) is 12.1 Å². The van der Waals surface area contributed by atoms with Crippen LogP contribution in [-0.2, 0) is 17.5 Å². The Bertz CT molecular complexity index is 375. The number of nitrogens with two attached hydrogens (primary N) is 1. The Balaban J connectivity index is 0.00000154. The van der Waals surface area contributed by atoms with E-state index < -0.39 is 11.7 Å². The van der Waals surface area contributed by atoms with E-state index in [1.54, 1.807) is 19.9 Å². The van der Waals surface area contributed by atoms with E-state index in [0.29, 0.717) is 17.7 Å². The van der Waals surface area contributed by atoms with E-state index in [1.807, 2.05) is 13.8 Å². The van der Waals surface area contributed by atoms with Crippen molar-refractivity contribution in [3.05, 3.63) is 34.9 Å². The Morgan fingerprint density at radius 1 is 1.21 bits per heavy atom. The second kappa shape index (κ2) is 8.17. The predicted octanol–water partition coefficient (Wildman–Crippen LogP) is 3.90. The second-order valence-electron chi connectivity index (χ2n) is 4.20. The second-order valence-corrected chi connectivity index (χ2v) is 4.20. The van der Waals surface area contributed by atoms with Crippen LogP contribution >= 0.6 is 0 Å². The normalized spacial score (nSPS) is 12.6. The van der Waals surface area contributed by atoms with Crippen molar-refractivity contribution in [2.45, 2.75) is 46.5 Å². The maximum absolute atomic E-state index is 12.5. The van der Waals surface area contributed by atoms with E-state index in [4.69, 9.17) is 10.5 Å². The van der Waals surface area contributed by atoms with Crippen molar-refractivity contribution in [2.75, 3.05) is 6.61 Å². The van der Waals surface area contributed by atoms with Crippen LogP contribution in [0, 0.1) is 6.92 Å². The number of ether oxygens (including phenoxy) is 1. The van der Waals surface area contributed by atoms with Gasteiger partial charge in [-0.3, -0.25) is 0 Å². The highest BCUT2D eigenvalue weighted by molar-refractivity contribution is 5.30. The summed E-state index contributed by atoms with van der Waals surface area (Å²) in [6.07, 6.45) is -4.32. The van der Waals surface area contributed by atoms with Gasteiger partial charge in [-0.2, -0.15) is 13.2 Å². The molecule has 0 aromatic heterocycles. The third-order valence-corrected chi connectivity index (χ3v) is 2.11. The highest BCUT2D eigenvalue weighted by atomic mass is 19.4. The molecule has 0 heterocycles. The third-order valence-electron chi connectivity index (χ3n) is 2.11. The van der Waals surface area contributed by atoms with Crippen LogP contribution in [0.1, 0.15) is 37.5 Å². The lowest BCUT2D eigenvalue weighted by Gasteiger charge is -2.11. The molecule has 1 aromatic rings. The Labute approximate surface area is 112 Å². The molecule has 2 N–H and O–H groups in total. The summed E-state index contributed by atoms with van der Waals surface area (Å²) in [6.45, 7) is 7.88. The van der Waals surface area contributed by atoms with E-state index in [2.05, 4.69) is 0 Å². The van der Waals surface area contributed by atoms with Crippen LogP contribution in [0.4, 0.5) is 13.2 Å². The Hall–Kier alpha value is -1.07. The van der Waals surface area contributed by atoms with Gasteiger partial charge in [0.15, 0.2) is 0 Å². The zero-order valence-corrected chi connectivity index (χ0v) is 11.8. The zero-order chi connectivity index (χ0) is 15.1. The van der Waals surface area contributed by atoms with E-state index >= 15 is 0 Å². The number of rotatable bonds is 4. The predicted molar refractivity (Wildman–Crippen MR) is 70.8 cm³/mol. The molecule has 1 aromatic carbocycles. The van der Waals surface area contributed by atoms with Gasteiger partial charge in [0.2, 0.25) is 0 Å². The van der Waals surface area contributed by atoms with Gasteiger partial charge in [-0.25, -0.2) is 0 Å². The van der Waals surface area contributed by atoms with Crippen molar-refractivity contribution in [1.29, 1.82) is 0 Å². The molecule has 0 fully saturated rings. The summed E-state index contributed by atoms with van der Waals surface area (Å²) in [5.41, 5.74) is 5.92. The average molecular weight is 277 g/mol. The molecule has 0 bridgehead atoms. The van der Waals surface area contributed by atoms with E-state index in [9.17, 15) is 13.2 Å². The van der Waals surface area contributed by atoms with Crippen LogP contribution in [-0.4, -0.2) is 12.6 Å². The first-order valence-corrected chi connectivity index (χ1v) is 6.30. The molecule has 1 atom stereocenters. The number of benzene rings is 1. The van der Waals surface area contributed by atoms with Gasteiger partial charge in [0.1, 0.15) is 0 Å². The summed E-state index contributed by atoms with van der Waals surface area (Å²) in [5, 5.41) is 0. The Morgan fingerprint density at radius 3 is 2.26 bits per heavy atom. The van der Waals surface area contributed by atoms with Crippen molar-refractivity contribution in [3.8, 4) is 0 Å². The van der Waals surface area contributed by atoms with Gasteiger partial charge in [-0.05, 0) is 31.5 Å². The monoisotopic (exact) mass is 277 g/mol. The molecule has 0 saturated heterocycles. The molecule has 0 aliphatic carbocycles. The maximum Gasteiger partial charge on any atom is 0.416 e. The lowest BCUT2D eigenvalue weighted by Crippen LogP contribution is -2.21. The minimum atomic E-state index is -4.32. The lowest BCUT2D eigenvalue weighted by atomic mass is 10.1. The van der Waals surface area contributed by atoms with Crippen LogP contribution in [0.25, 0.3) is 0 Å². The number of hydrogen-bond acceptors (Lipinski definition) is 2. The molecule has 2 nitrogen and oxygen atoms in total. The molecular formula is C14H22F3NO. The summed E-state index contributed by atoms with van der Waals surface area (Å²) in [4.78, 5) is 0. The molecule has 19 heavy (non-hydrogen) atoms. The van der Waals surface area contributed by atoms with Gasteiger partial charge >= 0.3 is 6.18 Å². The molecule has 0 aliphatic heterocycles. The molecule has 1 rings (SSSR count). The first-order valence-electron chi connectivity index (χ1n) is 6.30. The number of halogens is 3. The lowest BCUT2D eigenvalue weighted by molar-refractivity contribution is -0.137. The van der Waals surface area contributed by atoms with E-state index in [-0.39, 0.29) is 12.6 Å². The van der Waals surface area contributed by atoms with Gasteiger partial charge in [0.05, 0.1) is 18.8 Å². The quantitative estimate of drug-likeness (QED) is 0.905. The fourth-order valence-corrected chi connectivity index (χ4v) is 1.47. The molecule has 5 heteroatoms. The first-order chi connectivity index (χ1) is 8.79.